The minimum Gasteiger partial charge on any atom is -0.338 e. The molecule has 2 saturated heterocycles. The highest BCUT2D eigenvalue weighted by molar-refractivity contribution is 5.83. The van der Waals surface area contributed by atoms with Crippen LogP contribution in [0, 0.1) is 24.7 Å². The van der Waals surface area contributed by atoms with Gasteiger partial charge in [0, 0.05) is 12.6 Å². The van der Waals surface area contributed by atoms with Crippen molar-refractivity contribution in [3.05, 3.63) is 35.4 Å². The summed E-state index contributed by atoms with van der Waals surface area (Å²) in [5, 5.41) is 0. The van der Waals surface area contributed by atoms with Crippen molar-refractivity contribution >= 4 is 5.91 Å². The quantitative estimate of drug-likeness (QED) is 0.912. The molecule has 4 bridgehead atoms. The maximum Gasteiger partial charge on any atom is 0.244 e. The smallest absolute Gasteiger partial charge is 0.244 e. The number of hydrogen-bond acceptors (Lipinski definition) is 2. The average molecular weight is 298 g/mol. The molecule has 0 aromatic heterocycles. The average Bonchev–Trinajstić information content (AvgIpc) is 2.70. The normalized spacial score (nSPS) is 34.5. The molecule has 3 unspecified atom stereocenters. The molecule has 1 aromatic rings. The molecule has 0 radical (unpaired) electrons. The number of amides is 1. The van der Waals surface area contributed by atoms with Gasteiger partial charge in [-0.3, -0.25) is 4.79 Å². The lowest BCUT2D eigenvalue weighted by Crippen LogP contribution is -2.46. The SMILES string of the molecule is Cc1ccc(C(N)C(=O)N2CC3CC4CC(C3)CC2C4)cc1. The maximum absolute atomic E-state index is 13.0. The predicted octanol–water partition coefficient (Wildman–Crippen LogP) is 3.03. The molecule has 3 heteroatoms. The van der Waals surface area contributed by atoms with E-state index in [-0.39, 0.29) is 5.91 Å². The summed E-state index contributed by atoms with van der Waals surface area (Å²) in [5.74, 6) is 2.57. The van der Waals surface area contributed by atoms with Gasteiger partial charge in [0.15, 0.2) is 0 Å². The van der Waals surface area contributed by atoms with Crippen LogP contribution in [0.25, 0.3) is 0 Å². The van der Waals surface area contributed by atoms with Gasteiger partial charge in [-0.1, -0.05) is 29.8 Å². The highest BCUT2D eigenvalue weighted by Crippen LogP contribution is 2.47. The number of fused-ring (bicyclic) bond motifs is 1. The Labute approximate surface area is 132 Å². The molecule has 4 fully saturated rings. The molecule has 0 spiro atoms. The second kappa shape index (κ2) is 5.38. The van der Waals surface area contributed by atoms with Gasteiger partial charge in [-0.25, -0.2) is 0 Å². The Morgan fingerprint density at radius 2 is 1.64 bits per heavy atom. The summed E-state index contributed by atoms with van der Waals surface area (Å²) in [6, 6.07) is 8.02. The first kappa shape index (κ1) is 14.3. The zero-order valence-electron chi connectivity index (χ0n) is 13.4. The summed E-state index contributed by atoms with van der Waals surface area (Å²) in [5.41, 5.74) is 8.45. The number of nitrogens with zero attached hydrogens (tertiary/aromatic N) is 1. The molecule has 3 nitrogen and oxygen atoms in total. The van der Waals surface area contributed by atoms with E-state index in [2.05, 4.69) is 11.8 Å². The molecular weight excluding hydrogens is 272 g/mol. The fraction of sp³-hybridized carbons (Fsp3) is 0.632. The van der Waals surface area contributed by atoms with Gasteiger partial charge in [-0.2, -0.15) is 0 Å². The first-order valence-electron chi connectivity index (χ1n) is 8.72. The number of carbonyl (C=O) groups is 1. The Kier molecular flexibility index (Phi) is 3.48. The molecule has 22 heavy (non-hydrogen) atoms. The highest BCUT2D eigenvalue weighted by atomic mass is 16.2. The number of carbonyl (C=O) groups excluding carboxylic acids is 1. The minimum absolute atomic E-state index is 0.141. The molecule has 1 aromatic carbocycles. The fourth-order valence-corrected chi connectivity index (χ4v) is 5.15. The van der Waals surface area contributed by atoms with Crippen LogP contribution >= 0.6 is 0 Å². The Morgan fingerprint density at radius 3 is 2.27 bits per heavy atom. The first-order chi connectivity index (χ1) is 10.6. The molecular formula is C19H26N2O. The van der Waals surface area contributed by atoms with Crippen LogP contribution in [0.1, 0.15) is 49.3 Å². The van der Waals surface area contributed by atoms with Crippen molar-refractivity contribution in [1.82, 2.24) is 4.90 Å². The summed E-state index contributed by atoms with van der Waals surface area (Å²) in [7, 11) is 0. The Hall–Kier alpha value is -1.35. The van der Waals surface area contributed by atoms with E-state index in [0.29, 0.717) is 12.0 Å². The topological polar surface area (TPSA) is 46.3 Å². The van der Waals surface area contributed by atoms with E-state index in [4.69, 9.17) is 5.73 Å². The molecule has 1 amide bonds. The molecule has 2 saturated carbocycles. The molecule has 2 N–H and O–H groups in total. The summed E-state index contributed by atoms with van der Waals surface area (Å²) < 4.78 is 0. The summed E-state index contributed by atoms with van der Waals surface area (Å²) in [6.45, 7) is 3.00. The van der Waals surface area contributed by atoms with E-state index >= 15 is 0 Å². The number of rotatable bonds is 2. The van der Waals surface area contributed by atoms with Gasteiger partial charge in [0.05, 0.1) is 0 Å². The van der Waals surface area contributed by atoms with Crippen molar-refractivity contribution in [2.45, 2.75) is 51.1 Å². The number of benzene rings is 1. The lowest BCUT2D eigenvalue weighted by molar-refractivity contribution is -0.135. The fourth-order valence-electron chi connectivity index (χ4n) is 5.15. The monoisotopic (exact) mass is 298 g/mol. The maximum atomic E-state index is 13.0. The van der Waals surface area contributed by atoms with Gasteiger partial charge in [0.1, 0.15) is 6.04 Å². The van der Waals surface area contributed by atoms with Crippen LogP contribution in [0.2, 0.25) is 0 Å². The van der Waals surface area contributed by atoms with Gasteiger partial charge in [0.25, 0.3) is 0 Å². The third-order valence-corrected chi connectivity index (χ3v) is 6.09. The van der Waals surface area contributed by atoms with E-state index in [0.717, 1.165) is 23.9 Å². The predicted molar refractivity (Wildman–Crippen MR) is 87.2 cm³/mol. The van der Waals surface area contributed by atoms with E-state index < -0.39 is 6.04 Å². The second-order valence-corrected chi connectivity index (χ2v) is 7.81. The minimum atomic E-state index is -0.503. The van der Waals surface area contributed by atoms with Gasteiger partial charge >= 0.3 is 0 Å². The zero-order chi connectivity index (χ0) is 15.3. The second-order valence-electron chi connectivity index (χ2n) is 7.81. The van der Waals surface area contributed by atoms with Crippen LogP contribution in [0.15, 0.2) is 24.3 Å². The third kappa shape index (κ3) is 2.45. The molecule has 2 aliphatic heterocycles. The Bertz CT molecular complexity index is 553. The summed E-state index contributed by atoms with van der Waals surface area (Å²) >= 11 is 0. The van der Waals surface area contributed by atoms with E-state index in [1.54, 1.807) is 0 Å². The molecule has 2 aliphatic carbocycles. The molecule has 5 rings (SSSR count). The lowest BCUT2D eigenvalue weighted by Gasteiger charge is -2.39. The van der Waals surface area contributed by atoms with Gasteiger partial charge in [0.2, 0.25) is 5.91 Å². The van der Waals surface area contributed by atoms with E-state index in [9.17, 15) is 4.79 Å². The molecule has 2 heterocycles. The Balaban J connectivity index is 1.55. The standard InChI is InChI=1S/C19H26N2O/c1-12-2-4-16(5-3-12)18(20)19(22)21-11-15-7-13-6-14(8-15)10-17(21)9-13/h2-5,13-15,17-18H,6-11,20H2,1H3. The third-order valence-electron chi connectivity index (χ3n) is 6.09. The van der Waals surface area contributed by atoms with Crippen LogP contribution in [0.4, 0.5) is 0 Å². The van der Waals surface area contributed by atoms with Crippen molar-refractivity contribution in [3.63, 3.8) is 0 Å². The van der Waals surface area contributed by atoms with Crippen LogP contribution in [-0.4, -0.2) is 23.4 Å². The highest BCUT2D eigenvalue weighted by Gasteiger charge is 2.44. The van der Waals surface area contributed by atoms with Crippen molar-refractivity contribution in [1.29, 1.82) is 0 Å². The summed E-state index contributed by atoms with van der Waals surface area (Å²) in [6.07, 6.45) is 6.48. The molecule has 118 valence electrons. The number of aryl methyl sites for hydroxylation is 1. The van der Waals surface area contributed by atoms with Crippen molar-refractivity contribution in [3.8, 4) is 0 Å². The Morgan fingerprint density at radius 1 is 1.05 bits per heavy atom. The van der Waals surface area contributed by atoms with Crippen molar-refractivity contribution < 1.29 is 4.79 Å². The van der Waals surface area contributed by atoms with E-state index in [1.807, 2.05) is 24.3 Å². The van der Waals surface area contributed by atoms with E-state index in [1.165, 1.54) is 37.7 Å². The lowest BCUT2D eigenvalue weighted by atomic mass is 9.68. The number of hydrogen-bond donors (Lipinski definition) is 1. The van der Waals surface area contributed by atoms with Gasteiger partial charge < -0.3 is 10.6 Å². The first-order valence-corrected chi connectivity index (χ1v) is 8.72. The number of nitrogens with two attached hydrogens (primary N) is 1. The van der Waals surface area contributed by atoms with Crippen molar-refractivity contribution in [2.75, 3.05) is 6.54 Å². The van der Waals surface area contributed by atoms with Crippen LogP contribution in [-0.2, 0) is 4.79 Å². The largest absolute Gasteiger partial charge is 0.338 e. The van der Waals surface area contributed by atoms with Gasteiger partial charge in [-0.15, -0.1) is 0 Å². The molecule has 3 atom stereocenters. The van der Waals surface area contributed by atoms with Crippen LogP contribution in [0.3, 0.4) is 0 Å². The zero-order valence-corrected chi connectivity index (χ0v) is 13.4. The summed E-state index contributed by atoms with van der Waals surface area (Å²) in [4.78, 5) is 15.1. The molecule has 4 aliphatic rings. The van der Waals surface area contributed by atoms with Gasteiger partial charge in [-0.05, 0) is 62.3 Å². The van der Waals surface area contributed by atoms with Crippen LogP contribution in [0.5, 0.6) is 0 Å². The van der Waals surface area contributed by atoms with Crippen molar-refractivity contribution in [2.24, 2.45) is 23.5 Å². The van der Waals surface area contributed by atoms with Crippen LogP contribution < -0.4 is 5.73 Å².